The van der Waals surface area contributed by atoms with E-state index in [9.17, 15) is 9.59 Å². The van der Waals surface area contributed by atoms with E-state index in [-0.39, 0.29) is 17.4 Å². The van der Waals surface area contributed by atoms with Gasteiger partial charge in [0.25, 0.3) is 0 Å². The van der Waals surface area contributed by atoms with Crippen molar-refractivity contribution in [2.45, 2.75) is 26.2 Å². The zero-order chi connectivity index (χ0) is 20.2. The number of nitrogens with zero attached hydrogens (tertiary/aromatic N) is 6. The van der Waals surface area contributed by atoms with Crippen molar-refractivity contribution >= 4 is 17.8 Å². The molecule has 0 aliphatic carbocycles. The van der Waals surface area contributed by atoms with Gasteiger partial charge in [0.2, 0.25) is 5.91 Å². The molecule has 0 radical (unpaired) electrons. The van der Waals surface area contributed by atoms with Crippen LogP contribution in [0.15, 0.2) is 24.5 Å². The van der Waals surface area contributed by atoms with E-state index in [0.717, 1.165) is 68.1 Å². The van der Waals surface area contributed by atoms with E-state index in [2.05, 4.69) is 11.2 Å². The molecule has 8 nitrogen and oxygen atoms in total. The van der Waals surface area contributed by atoms with Crippen LogP contribution >= 0.6 is 0 Å². The summed E-state index contributed by atoms with van der Waals surface area (Å²) in [7, 11) is 1.88. The maximum atomic E-state index is 13.3. The van der Waals surface area contributed by atoms with Gasteiger partial charge in [-0.05, 0) is 30.9 Å². The van der Waals surface area contributed by atoms with Crippen molar-refractivity contribution < 1.29 is 9.59 Å². The largest absolute Gasteiger partial charge is 0.342 e. The Labute approximate surface area is 170 Å². The molecular formula is C21H26N6O2. The van der Waals surface area contributed by atoms with Gasteiger partial charge in [-0.3, -0.25) is 14.4 Å². The number of likely N-dealkylation sites (tertiary alicyclic amines) is 2. The van der Waals surface area contributed by atoms with Crippen molar-refractivity contribution in [2.75, 3.05) is 37.6 Å². The highest BCUT2D eigenvalue weighted by molar-refractivity contribution is 5.93. The quantitative estimate of drug-likeness (QED) is 0.741. The van der Waals surface area contributed by atoms with Crippen LogP contribution in [0.4, 0.5) is 10.6 Å². The number of pyridine rings is 1. The zero-order valence-corrected chi connectivity index (χ0v) is 17.0. The molecular weight excluding hydrogens is 368 g/mol. The smallest absolute Gasteiger partial charge is 0.325 e. The van der Waals surface area contributed by atoms with Crippen LogP contribution in [0.25, 0.3) is 11.3 Å². The number of carbonyl (C=O) groups excluding carboxylic acids is 2. The first-order valence-corrected chi connectivity index (χ1v) is 10.3. The maximum absolute atomic E-state index is 13.3. The molecule has 2 saturated heterocycles. The summed E-state index contributed by atoms with van der Waals surface area (Å²) in [4.78, 5) is 35.4. The van der Waals surface area contributed by atoms with E-state index in [0.29, 0.717) is 6.54 Å². The maximum Gasteiger partial charge on any atom is 0.325 e. The van der Waals surface area contributed by atoms with Gasteiger partial charge < -0.3 is 9.80 Å². The number of aromatic nitrogens is 3. The average molecular weight is 394 g/mol. The Hall–Kier alpha value is -2.90. The number of hydrogen-bond acceptors (Lipinski definition) is 4. The van der Waals surface area contributed by atoms with Crippen molar-refractivity contribution in [3.05, 3.63) is 30.1 Å². The Morgan fingerprint density at radius 3 is 2.59 bits per heavy atom. The molecule has 5 rings (SSSR count). The van der Waals surface area contributed by atoms with Gasteiger partial charge in [0.1, 0.15) is 5.82 Å². The molecule has 3 aliphatic rings. The lowest BCUT2D eigenvalue weighted by atomic mass is 9.79. The van der Waals surface area contributed by atoms with Gasteiger partial charge in [-0.2, -0.15) is 5.10 Å². The standard InChI is InChI=1S/C21H26N6O2/c1-15(28)25-9-7-21(12-25)13-26(14-21)20(29)27-8-3-4-16-5-6-18(23-19(16)27)17-10-22-24(2)11-17/h5-6,10-11H,3-4,7-9,12-14H2,1-2H3. The Balaban J connectivity index is 1.34. The minimum Gasteiger partial charge on any atom is -0.342 e. The molecule has 1 spiro atoms. The zero-order valence-electron chi connectivity index (χ0n) is 17.0. The van der Waals surface area contributed by atoms with Gasteiger partial charge in [-0.15, -0.1) is 0 Å². The van der Waals surface area contributed by atoms with Crippen molar-refractivity contribution in [3.8, 4) is 11.3 Å². The van der Waals surface area contributed by atoms with Crippen LogP contribution in [0, 0.1) is 5.41 Å². The summed E-state index contributed by atoms with van der Waals surface area (Å²) in [5, 5.41) is 4.23. The first kappa shape index (κ1) is 18.1. The molecule has 8 heteroatoms. The fourth-order valence-corrected chi connectivity index (χ4v) is 4.87. The second-order valence-corrected chi connectivity index (χ2v) is 8.67. The molecule has 29 heavy (non-hydrogen) atoms. The minimum absolute atomic E-state index is 0.0358. The van der Waals surface area contributed by atoms with Crippen LogP contribution in [0.2, 0.25) is 0 Å². The molecule has 2 aromatic rings. The SMILES string of the molecule is CC(=O)N1CCC2(C1)CN(C(=O)N1CCCc3ccc(-c4cnn(C)c4)nc31)C2. The number of hydrogen-bond donors (Lipinski definition) is 0. The lowest BCUT2D eigenvalue weighted by Crippen LogP contribution is -2.63. The van der Waals surface area contributed by atoms with E-state index in [1.165, 1.54) is 0 Å². The summed E-state index contributed by atoms with van der Waals surface area (Å²) in [6.07, 6.45) is 6.60. The van der Waals surface area contributed by atoms with E-state index in [4.69, 9.17) is 4.98 Å². The van der Waals surface area contributed by atoms with Gasteiger partial charge in [0, 0.05) is 63.9 Å². The number of anilines is 1. The lowest BCUT2D eigenvalue weighted by Gasteiger charge is -2.49. The third-order valence-electron chi connectivity index (χ3n) is 6.48. The predicted molar refractivity (Wildman–Crippen MR) is 108 cm³/mol. The number of urea groups is 1. The number of amides is 3. The topological polar surface area (TPSA) is 74.6 Å². The minimum atomic E-state index is 0.0358. The van der Waals surface area contributed by atoms with E-state index >= 15 is 0 Å². The Bertz CT molecular complexity index is 977. The van der Waals surface area contributed by atoms with Crippen molar-refractivity contribution in [2.24, 2.45) is 12.5 Å². The van der Waals surface area contributed by atoms with Gasteiger partial charge in [0.15, 0.2) is 0 Å². The van der Waals surface area contributed by atoms with Crippen molar-refractivity contribution in [1.82, 2.24) is 24.6 Å². The lowest BCUT2D eigenvalue weighted by molar-refractivity contribution is -0.128. The Kier molecular flexibility index (Phi) is 4.11. The van der Waals surface area contributed by atoms with Crippen LogP contribution in [-0.2, 0) is 18.3 Å². The fourth-order valence-electron chi connectivity index (χ4n) is 4.87. The third kappa shape index (κ3) is 3.07. The third-order valence-corrected chi connectivity index (χ3v) is 6.48. The highest BCUT2D eigenvalue weighted by Crippen LogP contribution is 2.41. The molecule has 2 aromatic heterocycles. The second kappa shape index (κ2) is 6.57. The Morgan fingerprint density at radius 2 is 1.90 bits per heavy atom. The van der Waals surface area contributed by atoms with E-state index < -0.39 is 0 Å². The number of carbonyl (C=O) groups is 2. The van der Waals surface area contributed by atoms with Gasteiger partial charge in [0.05, 0.1) is 11.9 Å². The summed E-state index contributed by atoms with van der Waals surface area (Å²) in [6, 6.07) is 4.13. The van der Waals surface area contributed by atoms with Crippen LogP contribution < -0.4 is 4.90 Å². The molecule has 0 N–H and O–H groups in total. The molecule has 152 valence electrons. The molecule has 0 saturated carbocycles. The molecule has 0 bridgehead atoms. The molecule has 0 unspecified atom stereocenters. The first-order chi connectivity index (χ1) is 13.9. The van der Waals surface area contributed by atoms with Crippen molar-refractivity contribution in [3.63, 3.8) is 0 Å². The molecule has 2 fully saturated rings. The Morgan fingerprint density at radius 1 is 1.10 bits per heavy atom. The first-order valence-electron chi connectivity index (χ1n) is 10.3. The summed E-state index contributed by atoms with van der Waals surface area (Å²) < 4.78 is 1.75. The molecule has 0 atom stereocenters. The average Bonchev–Trinajstić information content (AvgIpc) is 3.32. The summed E-state index contributed by atoms with van der Waals surface area (Å²) >= 11 is 0. The highest BCUT2D eigenvalue weighted by atomic mass is 16.2. The van der Waals surface area contributed by atoms with E-state index in [1.54, 1.807) is 17.8 Å². The highest BCUT2D eigenvalue weighted by Gasteiger charge is 2.51. The van der Waals surface area contributed by atoms with Crippen molar-refractivity contribution in [1.29, 1.82) is 0 Å². The number of aryl methyl sites for hydroxylation is 2. The van der Waals surface area contributed by atoms with Crippen LogP contribution in [0.1, 0.15) is 25.3 Å². The molecule has 3 aliphatic heterocycles. The second-order valence-electron chi connectivity index (χ2n) is 8.67. The van der Waals surface area contributed by atoms with Gasteiger partial charge in [-0.25, -0.2) is 9.78 Å². The predicted octanol–water partition coefficient (Wildman–Crippen LogP) is 1.91. The molecule has 0 aromatic carbocycles. The van der Waals surface area contributed by atoms with Crippen LogP contribution in [0.3, 0.4) is 0 Å². The normalized spacial score (nSPS) is 20.0. The van der Waals surface area contributed by atoms with Gasteiger partial charge in [-0.1, -0.05) is 6.07 Å². The van der Waals surface area contributed by atoms with E-state index in [1.807, 2.05) is 34.0 Å². The molecule has 5 heterocycles. The van der Waals surface area contributed by atoms with Crippen LogP contribution in [0.5, 0.6) is 0 Å². The van der Waals surface area contributed by atoms with Gasteiger partial charge >= 0.3 is 6.03 Å². The fraction of sp³-hybridized carbons (Fsp3) is 0.524. The summed E-state index contributed by atoms with van der Waals surface area (Å²) in [5.74, 6) is 0.907. The summed E-state index contributed by atoms with van der Waals surface area (Å²) in [6.45, 7) is 5.34. The monoisotopic (exact) mass is 394 g/mol. The summed E-state index contributed by atoms with van der Waals surface area (Å²) in [5.41, 5.74) is 3.00. The number of rotatable bonds is 1. The van der Waals surface area contributed by atoms with Crippen LogP contribution in [-0.4, -0.2) is 69.2 Å². The number of fused-ring (bicyclic) bond motifs is 1. The molecule has 3 amide bonds.